The van der Waals surface area contributed by atoms with E-state index in [0.29, 0.717) is 5.16 Å². The molecule has 0 amide bonds. The summed E-state index contributed by atoms with van der Waals surface area (Å²) in [7, 11) is 6.77. The van der Waals surface area contributed by atoms with Gasteiger partial charge in [0.2, 0.25) is 0 Å². The molecule has 4 nitrogen and oxygen atoms in total. The third-order valence-electron chi connectivity index (χ3n) is 1.36. The predicted molar refractivity (Wildman–Crippen MR) is 50.5 cm³/mol. The van der Waals surface area contributed by atoms with Gasteiger partial charge in [-0.2, -0.15) is 0 Å². The van der Waals surface area contributed by atoms with E-state index < -0.39 is 5.97 Å². The Morgan fingerprint density at radius 1 is 1.69 bits per heavy atom. The molecule has 0 aliphatic rings. The van der Waals surface area contributed by atoms with Crippen molar-refractivity contribution in [3.05, 3.63) is 11.9 Å². The Hall–Kier alpha value is -1.04. The Labute approximate surface area is 81.5 Å². The van der Waals surface area contributed by atoms with Crippen LogP contribution in [0.2, 0.25) is 0 Å². The number of carbonyl (C=O) groups is 1. The summed E-state index contributed by atoms with van der Waals surface area (Å²) >= 11 is 1.33. The topological polar surface area (TPSA) is 52.1 Å². The first-order valence-corrected chi connectivity index (χ1v) is 4.66. The van der Waals surface area contributed by atoms with Gasteiger partial charge in [0.05, 0.1) is 7.11 Å². The van der Waals surface area contributed by atoms with Crippen molar-refractivity contribution in [3.8, 4) is 0 Å². The van der Waals surface area contributed by atoms with E-state index >= 15 is 0 Å². The van der Waals surface area contributed by atoms with Gasteiger partial charge in [-0.15, -0.1) is 0 Å². The molecule has 0 aliphatic heterocycles. The van der Waals surface area contributed by atoms with E-state index in [1.165, 1.54) is 25.1 Å². The molecule has 0 aromatic carbocycles. The van der Waals surface area contributed by atoms with Crippen molar-refractivity contribution in [2.75, 3.05) is 13.4 Å². The lowest BCUT2D eigenvalue weighted by atomic mass is 9.96. The van der Waals surface area contributed by atoms with Crippen molar-refractivity contribution in [2.45, 2.75) is 5.16 Å². The van der Waals surface area contributed by atoms with Crippen molar-refractivity contribution in [1.82, 2.24) is 9.97 Å². The SMILES string of the molecule is [B]c1cnc(SC)nc1C(=O)OC. The third kappa shape index (κ3) is 2.21. The van der Waals surface area contributed by atoms with Crippen molar-refractivity contribution < 1.29 is 9.53 Å². The highest BCUT2D eigenvalue weighted by molar-refractivity contribution is 7.98. The van der Waals surface area contributed by atoms with Crippen molar-refractivity contribution in [1.29, 1.82) is 0 Å². The van der Waals surface area contributed by atoms with Gasteiger partial charge in [0, 0.05) is 6.20 Å². The molecule has 0 saturated heterocycles. The van der Waals surface area contributed by atoms with E-state index in [9.17, 15) is 4.79 Å². The summed E-state index contributed by atoms with van der Waals surface area (Å²) in [6.07, 6.45) is 3.21. The third-order valence-corrected chi connectivity index (χ3v) is 1.92. The molecule has 0 unspecified atom stereocenters. The van der Waals surface area contributed by atoms with Crippen LogP contribution in [0.25, 0.3) is 0 Å². The standard InChI is InChI=1S/C7H7BN2O2S/c1-12-6(11)5-4(8)3-9-7(10-5)13-2/h3H,1-2H3. The average molecular weight is 194 g/mol. The van der Waals surface area contributed by atoms with Crippen molar-refractivity contribution in [2.24, 2.45) is 0 Å². The second kappa shape index (κ2) is 4.27. The summed E-state index contributed by atoms with van der Waals surface area (Å²) in [5, 5.41) is 0.495. The molecule has 1 heterocycles. The van der Waals surface area contributed by atoms with Gasteiger partial charge in [-0.3, -0.25) is 0 Å². The van der Waals surface area contributed by atoms with Crippen LogP contribution < -0.4 is 5.46 Å². The van der Waals surface area contributed by atoms with Crippen LogP contribution in [0, 0.1) is 0 Å². The van der Waals surface area contributed by atoms with Gasteiger partial charge in [-0.25, -0.2) is 14.8 Å². The minimum Gasteiger partial charge on any atom is -0.464 e. The highest BCUT2D eigenvalue weighted by atomic mass is 32.2. The van der Waals surface area contributed by atoms with Gasteiger partial charge < -0.3 is 4.74 Å². The lowest BCUT2D eigenvalue weighted by molar-refractivity contribution is 0.0594. The van der Waals surface area contributed by atoms with Gasteiger partial charge in [0.15, 0.2) is 5.16 Å². The molecule has 1 rings (SSSR count). The lowest BCUT2D eigenvalue weighted by Gasteiger charge is -2.03. The van der Waals surface area contributed by atoms with Gasteiger partial charge in [-0.05, 0) is 11.7 Å². The van der Waals surface area contributed by atoms with E-state index in [-0.39, 0.29) is 11.2 Å². The van der Waals surface area contributed by atoms with Crippen LogP contribution in [0.15, 0.2) is 11.4 Å². The van der Waals surface area contributed by atoms with E-state index in [4.69, 9.17) is 7.85 Å². The second-order valence-corrected chi connectivity index (χ2v) is 2.93. The Morgan fingerprint density at radius 3 is 2.92 bits per heavy atom. The molecule has 0 bridgehead atoms. The first kappa shape index (κ1) is 10.0. The zero-order chi connectivity index (χ0) is 9.84. The van der Waals surface area contributed by atoms with E-state index in [0.717, 1.165) is 0 Å². The molecule has 6 heteroatoms. The van der Waals surface area contributed by atoms with Gasteiger partial charge >= 0.3 is 5.97 Å². The average Bonchev–Trinajstić information content (AvgIpc) is 2.17. The zero-order valence-electron chi connectivity index (χ0n) is 7.27. The molecular formula is C7H7BN2O2S. The molecule has 0 saturated carbocycles. The number of esters is 1. The summed E-state index contributed by atoms with van der Waals surface area (Å²) in [6.45, 7) is 0. The van der Waals surface area contributed by atoms with Crippen LogP contribution in [0.4, 0.5) is 0 Å². The molecular weight excluding hydrogens is 187 g/mol. The number of thioether (sulfide) groups is 1. The predicted octanol–water partition coefficient (Wildman–Crippen LogP) is -0.221. The quantitative estimate of drug-likeness (QED) is 0.282. The maximum Gasteiger partial charge on any atom is 0.356 e. The number of ether oxygens (including phenoxy) is 1. The summed E-state index contributed by atoms with van der Waals surface area (Å²) in [4.78, 5) is 18.9. The minimum absolute atomic E-state index is 0.113. The molecule has 0 N–H and O–H groups in total. The zero-order valence-corrected chi connectivity index (χ0v) is 8.09. The van der Waals surface area contributed by atoms with Gasteiger partial charge in [-0.1, -0.05) is 11.8 Å². The fraction of sp³-hybridized carbons (Fsp3) is 0.286. The van der Waals surface area contributed by atoms with Crippen LogP contribution in [0.5, 0.6) is 0 Å². The van der Waals surface area contributed by atoms with Crippen molar-refractivity contribution in [3.63, 3.8) is 0 Å². The first-order valence-electron chi connectivity index (χ1n) is 3.44. The first-order chi connectivity index (χ1) is 6.19. The molecule has 0 aliphatic carbocycles. The lowest BCUT2D eigenvalue weighted by Crippen LogP contribution is -2.20. The van der Waals surface area contributed by atoms with Crippen LogP contribution in [0.3, 0.4) is 0 Å². The van der Waals surface area contributed by atoms with Crippen molar-refractivity contribution >= 4 is 31.0 Å². The number of rotatable bonds is 2. The Balaban J connectivity index is 3.11. The minimum atomic E-state index is -0.546. The highest BCUT2D eigenvalue weighted by Gasteiger charge is 2.11. The Morgan fingerprint density at radius 2 is 2.38 bits per heavy atom. The molecule has 0 fully saturated rings. The fourth-order valence-electron chi connectivity index (χ4n) is 0.733. The maximum atomic E-state index is 11.1. The Kier molecular flexibility index (Phi) is 3.30. The fourth-order valence-corrected chi connectivity index (χ4v) is 1.07. The molecule has 2 radical (unpaired) electrons. The number of hydrogen-bond donors (Lipinski definition) is 0. The molecule has 1 aromatic rings. The number of nitrogens with zero attached hydrogens (tertiary/aromatic N) is 2. The van der Waals surface area contributed by atoms with E-state index in [1.807, 2.05) is 6.26 Å². The van der Waals surface area contributed by atoms with Crippen LogP contribution >= 0.6 is 11.8 Å². The van der Waals surface area contributed by atoms with E-state index in [1.54, 1.807) is 0 Å². The summed E-state index contributed by atoms with van der Waals surface area (Å²) < 4.78 is 4.50. The second-order valence-electron chi connectivity index (χ2n) is 2.15. The number of methoxy groups -OCH3 is 1. The highest BCUT2D eigenvalue weighted by Crippen LogP contribution is 2.06. The largest absolute Gasteiger partial charge is 0.464 e. The van der Waals surface area contributed by atoms with E-state index in [2.05, 4.69) is 14.7 Å². The number of hydrogen-bond acceptors (Lipinski definition) is 5. The van der Waals surface area contributed by atoms with Crippen LogP contribution in [0.1, 0.15) is 10.5 Å². The molecule has 13 heavy (non-hydrogen) atoms. The Bertz CT molecular complexity index is 332. The molecule has 1 aromatic heterocycles. The monoisotopic (exact) mass is 194 g/mol. The summed E-state index contributed by atoms with van der Waals surface area (Å²) in [6, 6.07) is 0. The van der Waals surface area contributed by atoms with Gasteiger partial charge in [0.25, 0.3) is 0 Å². The number of aromatic nitrogens is 2. The maximum absolute atomic E-state index is 11.1. The molecule has 0 atom stereocenters. The smallest absolute Gasteiger partial charge is 0.356 e. The summed E-state index contributed by atoms with van der Waals surface area (Å²) in [5.41, 5.74) is 0.339. The normalized spacial score (nSPS) is 9.69. The van der Waals surface area contributed by atoms with Crippen LogP contribution in [-0.4, -0.2) is 37.1 Å². The molecule has 66 valence electrons. The van der Waals surface area contributed by atoms with Gasteiger partial charge in [0.1, 0.15) is 13.5 Å². The number of carbonyl (C=O) groups excluding carboxylic acids is 1. The molecule has 0 spiro atoms. The summed E-state index contributed by atoms with van der Waals surface area (Å²) in [5.74, 6) is -0.546. The van der Waals surface area contributed by atoms with Crippen LogP contribution in [-0.2, 0) is 4.74 Å².